The van der Waals surface area contributed by atoms with E-state index >= 15 is 0 Å². The van der Waals surface area contributed by atoms with Crippen LogP contribution in [0.1, 0.15) is 25.0 Å². The molecule has 13 heavy (non-hydrogen) atoms. The third-order valence-corrected chi connectivity index (χ3v) is 2.76. The molecule has 1 aromatic rings. The largest absolute Gasteiger partial charge is 0.337 e. The van der Waals surface area contributed by atoms with Gasteiger partial charge in [-0.05, 0) is 43.8 Å². The molecule has 0 aromatic carbocycles. The molecule has 0 spiro atoms. The fraction of sp³-hybridized carbons (Fsp3) is 0.500. The summed E-state index contributed by atoms with van der Waals surface area (Å²) < 4.78 is 0.737. The van der Waals surface area contributed by atoms with Crippen LogP contribution in [0.3, 0.4) is 0 Å². The standard InChI is InChI=1S/C10H14N2S/c13-10-11-7-9(12-10)6-8-4-2-1-3-5-8/h1-2,7-8H,3-6H2,(H2,11,12,13). The molecule has 3 heteroatoms. The highest BCUT2D eigenvalue weighted by atomic mass is 32.1. The van der Waals surface area contributed by atoms with Gasteiger partial charge < -0.3 is 9.97 Å². The van der Waals surface area contributed by atoms with E-state index in [1.807, 2.05) is 6.20 Å². The molecule has 0 amide bonds. The topological polar surface area (TPSA) is 31.6 Å². The second-order valence-corrected chi connectivity index (χ2v) is 4.03. The minimum Gasteiger partial charge on any atom is -0.337 e. The van der Waals surface area contributed by atoms with Crippen LogP contribution < -0.4 is 0 Å². The van der Waals surface area contributed by atoms with Crippen LogP contribution in [0.5, 0.6) is 0 Å². The summed E-state index contributed by atoms with van der Waals surface area (Å²) in [6.45, 7) is 0. The van der Waals surface area contributed by atoms with E-state index < -0.39 is 0 Å². The second-order valence-electron chi connectivity index (χ2n) is 3.62. The molecule has 0 radical (unpaired) electrons. The fourth-order valence-corrected chi connectivity index (χ4v) is 2.02. The number of imidazole rings is 1. The quantitative estimate of drug-likeness (QED) is 0.550. The molecule has 2 rings (SSSR count). The van der Waals surface area contributed by atoms with Gasteiger partial charge in [0.2, 0.25) is 0 Å². The van der Waals surface area contributed by atoms with Crippen LogP contribution in [0.4, 0.5) is 0 Å². The van der Waals surface area contributed by atoms with Crippen LogP contribution in [0.2, 0.25) is 0 Å². The first-order valence-electron chi connectivity index (χ1n) is 4.76. The summed E-state index contributed by atoms with van der Waals surface area (Å²) in [5, 5.41) is 0. The Kier molecular flexibility index (Phi) is 2.64. The first-order chi connectivity index (χ1) is 6.34. The maximum atomic E-state index is 4.98. The molecule has 0 aliphatic heterocycles. The van der Waals surface area contributed by atoms with Crippen LogP contribution >= 0.6 is 12.2 Å². The second kappa shape index (κ2) is 3.92. The van der Waals surface area contributed by atoms with Crippen molar-refractivity contribution in [3.8, 4) is 0 Å². The molecule has 0 saturated carbocycles. The number of allylic oxidation sites excluding steroid dienone is 2. The lowest BCUT2D eigenvalue weighted by molar-refractivity contribution is 0.473. The average Bonchev–Trinajstić information content (AvgIpc) is 2.53. The zero-order chi connectivity index (χ0) is 9.10. The molecule has 2 nitrogen and oxygen atoms in total. The first kappa shape index (κ1) is 8.75. The van der Waals surface area contributed by atoms with E-state index in [0.29, 0.717) is 0 Å². The van der Waals surface area contributed by atoms with E-state index in [1.54, 1.807) is 0 Å². The zero-order valence-electron chi connectivity index (χ0n) is 7.55. The summed E-state index contributed by atoms with van der Waals surface area (Å²) in [5.74, 6) is 0.798. The van der Waals surface area contributed by atoms with Crippen LogP contribution in [0.25, 0.3) is 0 Å². The molecule has 1 heterocycles. The molecule has 1 atom stereocenters. The SMILES string of the molecule is S=c1[nH]cc(CC2CC=CCC2)[nH]1. The summed E-state index contributed by atoms with van der Waals surface area (Å²) >= 11 is 4.98. The monoisotopic (exact) mass is 194 g/mol. The smallest absolute Gasteiger partial charge is 0.174 e. The summed E-state index contributed by atoms with van der Waals surface area (Å²) in [7, 11) is 0. The Labute approximate surface area is 83.1 Å². The van der Waals surface area contributed by atoms with Crippen molar-refractivity contribution in [1.82, 2.24) is 9.97 Å². The van der Waals surface area contributed by atoms with E-state index in [1.165, 1.54) is 25.0 Å². The van der Waals surface area contributed by atoms with E-state index in [2.05, 4.69) is 22.1 Å². The van der Waals surface area contributed by atoms with Gasteiger partial charge in [-0.2, -0.15) is 0 Å². The minimum absolute atomic E-state index is 0.737. The first-order valence-corrected chi connectivity index (χ1v) is 5.17. The van der Waals surface area contributed by atoms with Gasteiger partial charge in [0, 0.05) is 11.9 Å². The summed E-state index contributed by atoms with van der Waals surface area (Å²) in [4.78, 5) is 6.16. The van der Waals surface area contributed by atoms with Crippen molar-refractivity contribution in [1.29, 1.82) is 0 Å². The molecular weight excluding hydrogens is 180 g/mol. The van der Waals surface area contributed by atoms with Crippen LogP contribution in [0.15, 0.2) is 18.3 Å². The number of rotatable bonds is 2. The van der Waals surface area contributed by atoms with Crippen molar-refractivity contribution in [3.63, 3.8) is 0 Å². The predicted octanol–water partition coefficient (Wildman–Crippen LogP) is 2.97. The Morgan fingerprint density at radius 1 is 1.46 bits per heavy atom. The third kappa shape index (κ3) is 2.31. The summed E-state index contributed by atoms with van der Waals surface area (Å²) in [6.07, 6.45) is 11.4. The molecule has 0 bridgehead atoms. The van der Waals surface area contributed by atoms with Crippen molar-refractivity contribution in [3.05, 3.63) is 28.8 Å². The van der Waals surface area contributed by atoms with Crippen molar-refractivity contribution in [2.45, 2.75) is 25.7 Å². The van der Waals surface area contributed by atoms with Crippen molar-refractivity contribution in [2.75, 3.05) is 0 Å². The van der Waals surface area contributed by atoms with Crippen molar-refractivity contribution >= 4 is 12.2 Å². The highest BCUT2D eigenvalue weighted by Gasteiger charge is 2.10. The Morgan fingerprint density at radius 2 is 2.38 bits per heavy atom. The molecule has 1 aromatic heterocycles. The molecule has 0 fully saturated rings. The maximum absolute atomic E-state index is 4.98. The van der Waals surface area contributed by atoms with Crippen molar-refractivity contribution in [2.24, 2.45) is 5.92 Å². The van der Waals surface area contributed by atoms with Crippen LogP contribution in [0, 0.1) is 10.7 Å². The minimum atomic E-state index is 0.737. The Bertz CT molecular complexity index is 348. The number of aromatic nitrogens is 2. The lowest BCUT2D eigenvalue weighted by Gasteiger charge is -2.16. The molecule has 2 N–H and O–H groups in total. The normalized spacial score (nSPS) is 22.0. The third-order valence-electron chi connectivity index (χ3n) is 2.54. The molecule has 1 unspecified atom stereocenters. The van der Waals surface area contributed by atoms with Gasteiger partial charge in [0.15, 0.2) is 4.77 Å². The van der Waals surface area contributed by atoms with Gasteiger partial charge in [-0.25, -0.2) is 0 Å². The van der Waals surface area contributed by atoms with E-state index in [4.69, 9.17) is 12.2 Å². The number of hydrogen-bond acceptors (Lipinski definition) is 1. The molecule has 0 saturated heterocycles. The number of nitrogens with one attached hydrogen (secondary N) is 2. The van der Waals surface area contributed by atoms with Gasteiger partial charge in [-0.15, -0.1) is 0 Å². The Morgan fingerprint density at radius 3 is 3.00 bits per heavy atom. The summed E-state index contributed by atoms with van der Waals surface area (Å²) in [6, 6.07) is 0. The fourth-order valence-electron chi connectivity index (χ4n) is 1.83. The Hall–Kier alpha value is -0.830. The highest BCUT2D eigenvalue weighted by molar-refractivity contribution is 7.71. The zero-order valence-corrected chi connectivity index (χ0v) is 8.36. The maximum Gasteiger partial charge on any atom is 0.174 e. The molecule has 1 aliphatic rings. The molecular formula is C10H14N2S. The van der Waals surface area contributed by atoms with Gasteiger partial charge >= 0.3 is 0 Å². The lowest BCUT2D eigenvalue weighted by Crippen LogP contribution is -2.06. The predicted molar refractivity (Wildman–Crippen MR) is 56.2 cm³/mol. The molecule has 70 valence electrons. The van der Waals surface area contributed by atoms with Gasteiger partial charge in [0.25, 0.3) is 0 Å². The number of hydrogen-bond donors (Lipinski definition) is 2. The van der Waals surface area contributed by atoms with Crippen LogP contribution in [-0.2, 0) is 6.42 Å². The van der Waals surface area contributed by atoms with Gasteiger partial charge in [-0.3, -0.25) is 0 Å². The highest BCUT2D eigenvalue weighted by Crippen LogP contribution is 2.21. The van der Waals surface area contributed by atoms with Crippen molar-refractivity contribution < 1.29 is 0 Å². The lowest BCUT2D eigenvalue weighted by atomic mass is 9.90. The average molecular weight is 194 g/mol. The molecule has 1 aliphatic carbocycles. The van der Waals surface area contributed by atoms with E-state index in [-0.39, 0.29) is 0 Å². The van der Waals surface area contributed by atoms with Gasteiger partial charge in [0.1, 0.15) is 0 Å². The number of aromatic amines is 2. The van der Waals surface area contributed by atoms with E-state index in [0.717, 1.165) is 17.1 Å². The van der Waals surface area contributed by atoms with Gasteiger partial charge in [-0.1, -0.05) is 12.2 Å². The van der Waals surface area contributed by atoms with Gasteiger partial charge in [0.05, 0.1) is 0 Å². The Balaban J connectivity index is 1.97. The summed E-state index contributed by atoms with van der Waals surface area (Å²) in [5.41, 5.74) is 1.24. The van der Waals surface area contributed by atoms with Crippen LogP contribution in [-0.4, -0.2) is 9.97 Å². The van der Waals surface area contributed by atoms with E-state index in [9.17, 15) is 0 Å². The number of H-pyrrole nitrogens is 2.